The van der Waals surface area contributed by atoms with Gasteiger partial charge in [0.1, 0.15) is 0 Å². The van der Waals surface area contributed by atoms with Gasteiger partial charge in [0.15, 0.2) is 0 Å². The fourth-order valence-corrected chi connectivity index (χ4v) is 4.40. The van der Waals surface area contributed by atoms with Crippen molar-refractivity contribution in [1.29, 1.82) is 0 Å². The summed E-state index contributed by atoms with van der Waals surface area (Å²) in [5, 5.41) is 7.05. The normalized spacial score (nSPS) is 20.7. The van der Waals surface area contributed by atoms with Crippen molar-refractivity contribution in [2.75, 3.05) is 0 Å². The van der Waals surface area contributed by atoms with Crippen LogP contribution in [0, 0.1) is 5.92 Å². The number of hydrogen-bond donors (Lipinski definition) is 1. The van der Waals surface area contributed by atoms with Crippen molar-refractivity contribution in [2.45, 2.75) is 32.1 Å². The van der Waals surface area contributed by atoms with Crippen LogP contribution >= 0.6 is 0 Å². The summed E-state index contributed by atoms with van der Waals surface area (Å²) < 4.78 is 0. The zero-order valence-electron chi connectivity index (χ0n) is 15.4. The number of amides is 1. The van der Waals surface area contributed by atoms with Crippen molar-refractivity contribution in [3.8, 4) is 0 Å². The molecule has 3 nitrogen and oxygen atoms in total. The van der Waals surface area contributed by atoms with E-state index in [-0.39, 0.29) is 11.8 Å². The highest BCUT2D eigenvalue weighted by atomic mass is 16.2. The summed E-state index contributed by atoms with van der Waals surface area (Å²) in [5.41, 5.74) is 8.85. The Labute approximate surface area is 159 Å². The lowest BCUT2D eigenvalue weighted by atomic mass is 9.98. The van der Waals surface area contributed by atoms with E-state index in [0.29, 0.717) is 5.92 Å². The number of rotatable bonds is 4. The van der Waals surface area contributed by atoms with E-state index in [2.05, 4.69) is 53.0 Å². The average molecular weight is 354 g/mol. The first kappa shape index (κ1) is 16.2. The highest BCUT2D eigenvalue weighted by Crippen LogP contribution is 2.47. The Balaban J connectivity index is 1.35. The van der Waals surface area contributed by atoms with Gasteiger partial charge < -0.3 is 0 Å². The molecular weight excluding hydrogens is 332 g/mol. The molecule has 0 unspecified atom stereocenters. The van der Waals surface area contributed by atoms with Crippen LogP contribution in [0.15, 0.2) is 65.8 Å². The molecule has 1 fully saturated rings. The number of hydrazone groups is 1. The van der Waals surface area contributed by atoms with Gasteiger partial charge in [-0.05, 0) is 59.6 Å². The molecule has 0 spiro atoms. The molecule has 3 aromatic rings. The zero-order valence-corrected chi connectivity index (χ0v) is 15.4. The number of hydrogen-bond acceptors (Lipinski definition) is 2. The van der Waals surface area contributed by atoms with E-state index in [0.717, 1.165) is 30.5 Å². The van der Waals surface area contributed by atoms with E-state index in [9.17, 15) is 4.79 Å². The molecular formula is C24H22N2O. The van der Waals surface area contributed by atoms with Crippen LogP contribution in [0.3, 0.4) is 0 Å². The van der Waals surface area contributed by atoms with E-state index in [1.807, 2.05) is 25.1 Å². The summed E-state index contributed by atoms with van der Waals surface area (Å²) in [5.74, 6) is 0.393. The number of carbonyl (C=O) groups is 1. The zero-order chi connectivity index (χ0) is 18.4. The molecule has 2 aliphatic carbocycles. The topological polar surface area (TPSA) is 41.5 Å². The predicted octanol–water partition coefficient (Wildman–Crippen LogP) is 4.58. The van der Waals surface area contributed by atoms with Gasteiger partial charge >= 0.3 is 0 Å². The molecule has 3 heteroatoms. The van der Waals surface area contributed by atoms with E-state index < -0.39 is 0 Å². The molecule has 3 aromatic carbocycles. The van der Waals surface area contributed by atoms with Crippen LogP contribution in [0.1, 0.15) is 41.5 Å². The Bertz CT molecular complexity index is 1060. The first-order valence-electron chi connectivity index (χ1n) is 9.65. The molecule has 1 amide bonds. The van der Waals surface area contributed by atoms with E-state index in [1.165, 1.54) is 27.5 Å². The molecule has 0 aliphatic heterocycles. The molecule has 2 atom stereocenters. The molecule has 1 saturated carbocycles. The van der Waals surface area contributed by atoms with Crippen LogP contribution in [0.4, 0.5) is 0 Å². The molecule has 0 aromatic heterocycles. The first-order chi connectivity index (χ1) is 13.2. The maximum Gasteiger partial charge on any atom is 0.243 e. The lowest BCUT2D eigenvalue weighted by Crippen LogP contribution is -2.21. The third-order valence-corrected chi connectivity index (χ3v) is 5.96. The Morgan fingerprint density at radius 1 is 0.963 bits per heavy atom. The predicted molar refractivity (Wildman–Crippen MR) is 109 cm³/mol. The van der Waals surface area contributed by atoms with Crippen molar-refractivity contribution >= 4 is 22.4 Å². The summed E-state index contributed by atoms with van der Waals surface area (Å²) in [6.45, 7) is 1.97. The van der Waals surface area contributed by atoms with Gasteiger partial charge in [0.25, 0.3) is 0 Å². The Morgan fingerprint density at radius 3 is 2.56 bits per heavy atom. The monoisotopic (exact) mass is 354 g/mol. The van der Waals surface area contributed by atoms with Crippen molar-refractivity contribution in [3.63, 3.8) is 0 Å². The van der Waals surface area contributed by atoms with Gasteiger partial charge in [-0.2, -0.15) is 5.10 Å². The molecule has 0 saturated heterocycles. The standard InChI is InChI=1S/C24H22N2O/c1-15(19-13-12-18-11-10-17-8-5-9-20(19)23(17)18)25-26-24(27)22-14-21(22)16-6-3-2-4-7-16/h2-9,12-13,21-22H,10-11,14H2,1H3,(H,26,27)/b25-15+/t21-,22+/m0/s1. The molecule has 2 aliphatic rings. The van der Waals surface area contributed by atoms with Crippen LogP contribution < -0.4 is 5.43 Å². The van der Waals surface area contributed by atoms with Crippen LogP contribution in [0.5, 0.6) is 0 Å². The molecule has 5 rings (SSSR count). The van der Waals surface area contributed by atoms with Crippen LogP contribution in [0.25, 0.3) is 10.8 Å². The van der Waals surface area contributed by atoms with E-state index in [1.54, 1.807) is 0 Å². The largest absolute Gasteiger partial charge is 0.273 e. The molecule has 0 bridgehead atoms. The average Bonchev–Trinajstić information content (AvgIpc) is 3.41. The molecule has 134 valence electrons. The lowest BCUT2D eigenvalue weighted by molar-refractivity contribution is -0.122. The summed E-state index contributed by atoms with van der Waals surface area (Å²) >= 11 is 0. The highest BCUT2D eigenvalue weighted by Gasteiger charge is 2.43. The van der Waals surface area contributed by atoms with Crippen molar-refractivity contribution in [3.05, 3.63) is 82.9 Å². The maximum absolute atomic E-state index is 12.5. The summed E-state index contributed by atoms with van der Waals surface area (Å²) in [6, 6.07) is 21.1. The second-order valence-corrected chi connectivity index (χ2v) is 7.64. The minimum atomic E-state index is 0.0223. The molecule has 0 heterocycles. The van der Waals surface area contributed by atoms with Crippen molar-refractivity contribution < 1.29 is 4.79 Å². The summed E-state index contributed by atoms with van der Waals surface area (Å²) in [4.78, 5) is 12.5. The summed E-state index contributed by atoms with van der Waals surface area (Å²) in [6.07, 6.45) is 3.14. The highest BCUT2D eigenvalue weighted by molar-refractivity contribution is 6.11. The van der Waals surface area contributed by atoms with Gasteiger partial charge in [-0.1, -0.05) is 60.7 Å². The van der Waals surface area contributed by atoms with Gasteiger partial charge in [-0.3, -0.25) is 4.79 Å². The number of aryl methyl sites for hydroxylation is 2. The molecule has 1 N–H and O–H groups in total. The van der Waals surface area contributed by atoms with Crippen molar-refractivity contribution in [1.82, 2.24) is 5.43 Å². The lowest BCUT2D eigenvalue weighted by Gasteiger charge is -2.09. The first-order valence-corrected chi connectivity index (χ1v) is 9.65. The third kappa shape index (κ3) is 2.84. The van der Waals surface area contributed by atoms with Gasteiger partial charge in [0.05, 0.1) is 5.71 Å². The summed E-state index contributed by atoms with van der Waals surface area (Å²) in [7, 11) is 0. The van der Waals surface area contributed by atoms with Gasteiger partial charge in [-0.25, -0.2) is 5.43 Å². The van der Waals surface area contributed by atoms with Gasteiger partial charge in [-0.15, -0.1) is 0 Å². The maximum atomic E-state index is 12.5. The van der Waals surface area contributed by atoms with Crippen molar-refractivity contribution in [2.24, 2.45) is 11.0 Å². The SMILES string of the molecule is C/C(=N\NC(=O)[C@@H]1C[C@H]1c1ccccc1)c1ccc2c3c(cccc13)CC2. The van der Waals surface area contributed by atoms with Crippen LogP contribution in [-0.2, 0) is 17.6 Å². The van der Waals surface area contributed by atoms with Gasteiger partial charge in [0.2, 0.25) is 5.91 Å². The third-order valence-electron chi connectivity index (χ3n) is 5.96. The smallest absolute Gasteiger partial charge is 0.243 e. The molecule has 0 radical (unpaired) electrons. The Morgan fingerprint density at radius 2 is 1.74 bits per heavy atom. The van der Waals surface area contributed by atoms with Crippen LogP contribution in [-0.4, -0.2) is 11.6 Å². The Kier molecular flexibility index (Phi) is 3.82. The Hall–Kier alpha value is -2.94. The quantitative estimate of drug-likeness (QED) is 0.541. The van der Waals surface area contributed by atoms with E-state index >= 15 is 0 Å². The number of nitrogens with zero attached hydrogens (tertiary/aromatic N) is 1. The van der Waals surface area contributed by atoms with E-state index in [4.69, 9.17) is 0 Å². The van der Waals surface area contributed by atoms with Gasteiger partial charge in [0, 0.05) is 11.5 Å². The minimum Gasteiger partial charge on any atom is -0.273 e. The second-order valence-electron chi connectivity index (χ2n) is 7.64. The number of nitrogens with one attached hydrogen (secondary N) is 1. The minimum absolute atomic E-state index is 0.0223. The molecule has 27 heavy (non-hydrogen) atoms. The van der Waals surface area contributed by atoms with Crippen LogP contribution in [0.2, 0.25) is 0 Å². The fourth-order valence-electron chi connectivity index (χ4n) is 4.40. The number of benzene rings is 3. The second kappa shape index (κ2) is 6.34. The number of carbonyl (C=O) groups excluding carboxylic acids is 1. The fraction of sp³-hybridized carbons (Fsp3) is 0.250.